The molecule has 0 heterocycles. The number of amides is 1. The average Bonchev–Trinajstić information content (AvgIpc) is 3.47. The van der Waals surface area contributed by atoms with Gasteiger partial charge in [0.25, 0.3) is 5.91 Å². The second-order valence-corrected chi connectivity index (χ2v) is 8.68. The molecule has 1 atom stereocenters. The van der Waals surface area contributed by atoms with E-state index in [-0.39, 0.29) is 28.2 Å². The van der Waals surface area contributed by atoms with Gasteiger partial charge in [0.15, 0.2) is 6.10 Å². The standard InChI is InChI=1S/C21H23NO6S/c1-13-4-5-14(2)19(12-13)29(25,26)28-18-10-6-16(7-11-18)21(24)27-15(3)20(23)22-17-8-9-17/h4-7,10-12,15,17H,8-9H2,1-3H3,(H,22,23)/t15-/m1/s1. The zero-order chi connectivity index (χ0) is 21.2. The molecule has 0 unspecified atom stereocenters. The molecule has 1 aliphatic rings. The summed E-state index contributed by atoms with van der Waals surface area (Å²) in [4.78, 5) is 24.2. The Balaban J connectivity index is 1.65. The molecule has 1 amide bonds. The van der Waals surface area contributed by atoms with Gasteiger partial charge in [-0.05, 0) is 75.1 Å². The number of hydrogen-bond acceptors (Lipinski definition) is 6. The first-order valence-electron chi connectivity index (χ1n) is 9.29. The van der Waals surface area contributed by atoms with Gasteiger partial charge in [-0.2, -0.15) is 8.42 Å². The molecule has 1 aliphatic carbocycles. The fraction of sp³-hybridized carbons (Fsp3) is 0.333. The van der Waals surface area contributed by atoms with Gasteiger partial charge in [0.05, 0.1) is 5.56 Å². The maximum absolute atomic E-state index is 12.5. The summed E-state index contributed by atoms with van der Waals surface area (Å²) in [5.74, 6) is -0.935. The highest BCUT2D eigenvalue weighted by atomic mass is 32.2. The van der Waals surface area contributed by atoms with Crippen LogP contribution in [0.3, 0.4) is 0 Å². The summed E-state index contributed by atoms with van der Waals surface area (Å²) in [6.07, 6.45) is 0.973. The summed E-state index contributed by atoms with van der Waals surface area (Å²) in [5, 5.41) is 2.77. The lowest BCUT2D eigenvalue weighted by atomic mass is 10.2. The van der Waals surface area contributed by atoms with Crippen LogP contribution in [0.2, 0.25) is 0 Å². The number of rotatable bonds is 7. The van der Waals surface area contributed by atoms with Crippen LogP contribution in [0.5, 0.6) is 5.75 Å². The van der Waals surface area contributed by atoms with Crippen LogP contribution in [0, 0.1) is 13.8 Å². The number of nitrogens with one attached hydrogen (secondary N) is 1. The van der Waals surface area contributed by atoms with Gasteiger partial charge >= 0.3 is 16.1 Å². The third-order valence-electron chi connectivity index (χ3n) is 4.49. The van der Waals surface area contributed by atoms with Crippen molar-refractivity contribution in [1.29, 1.82) is 0 Å². The lowest BCUT2D eigenvalue weighted by Gasteiger charge is -2.13. The molecule has 2 aromatic rings. The minimum Gasteiger partial charge on any atom is -0.449 e. The highest BCUT2D eigenvalue weighted by molar-refractivity contribution is 7.87. The normalized spacial score (nSPS) is 14.7. The first kappa shape index (κ1) is 20.9. The van der Waals surface area contributed by atoms with Crippen LogP contribution in [0.15, 0.2) is 47.4 Å². The lowest BCUT2D eigenvalue weighted by molar-refractivity contribution is -0.129. The predicted octanol–water partition coefficient (Wildman–Crippen LogP) is 2.90. The molecule has 1 N–H and O–H groups in total. The molecule has 0 bridgehead atoms. The Morgan fingerprint density at radius 3 is 2.34 bits per heavy atom. The third-order valence-corrected chi connectivity index (χ3v) is 5.88. The van der Waals surface area contributed by atoms with Crippen molar-refractivity contribution < 1.29 is 26.9 Å². The molecular weight excluding hydrogens is 394 g/mol. The molecule has 154 valence electrons. The van der Waals surface area contributed by atoms with Gasteiger partial charge in [0, 0.05) is 6.04 Å². The first-order chi connectivity index (χ1) is 13.7. The van der Waals surface area contributed by atoms with E-state index in [9.17, 15) is 18.0 Å². The number of carbonyl (C=O) groups is 2. The second kappa shape index (κ2) is 8.24. The smallest absolute Gasteiger partial charge is 0.339 e. The Bertz CT molecular complexity index is 1030. The van der Waals surface area contributed by atoms with E-state index in [1.54, 1.807) is 26.0 Å². The lowest BCUT2D eigenvalue weighted by Crippen LogP contribution is -2.37. The fourth-order valence-electron chi connectivity index (χ4n) is 2.62. The topological polar surface area (TPSA) is 98.8 Å². The molecule has 0 spiro atoms. The predicted molar refractivity (Wildman–Crippen MR) is 106 cm³/mol. The summed E-state index contributed by atoms with van der Waals surface area (Å²) in [6.45, 7) is 4.99. The largest absolute Gasteiger partial charge is 0.449 e. The molecule has 29 heavy (non-hydrogen) atoms. The van der Waals surface area contributed by atoms with Gasteiger partial charge in [-0.3, -0.25) is 4.79 Å². The first-order valence-corrected chi connectivity index (χ1v) is 10.7. The van der Waals surface area contributed by atoms with E-state index in [1.807, 2.05) is 6.07 Å². The van der Waals surface area contributed by atoms with E-state index in [2.05, 4.69) is 5.32 Å². The van der Waals surface area contributed by atoms with Crippen LogP contribution >= 0.6 is 0 Å². The molecule has 3 rings (SSSR count). The van der Waals surface area contributed by atoms with E-state index in [0.717, 1.165) is 18.4 Å². The summed E-state index contributed by atoms with van der Waals surface area (Å²) < 4.78 is 35.4. The van der Waals surface area contributed by atoms with Crippen molar-refractivity contribution in [3.05, 3.63) is 59.2 Å². The molecule has 1 fully saturated rings. The van der Waals surface area contributed by atoms with E-state index >= 15 is 0 Å². The van der Waals surface area contributed by atoms with Crippen LogP contribution in [-0.2, 0) is 19.6 Å². The van der Waals surface area contributed by atoms with Gasteiger partial charge < -0.3 is 14.2 Å². The minimum atomic E-state index is -4.00. The van der Waals surface area contributed by atoms with E-state index in [4.69, 9.17) is 8.92 Å². The van der Waals surface area contributed by atoms with Crippen molar-refractivity contribution in [2.24, 2.45) is 0 Å². The number of benzene rings is 2. The molecule has 1 saturated carbocycles. The summed E-state index contributed by atoms with van der Waals surface area (Å²) in [7, 11) is -4.00. The molecule has 0 radical (unpaired) electrons. The fourth-order valence-corrected chi connectivity index (χ4v) is 3.87. The molecule has 0 saturated heterocycles. The van der Waals surface area contributed by atoms with Crippen molar-refractivity contribution in [3.8, 4) is 5.75 Å². The summed E-state index contributed by atoms with van der Waals surface area (Å²) >= 11 is 0. The quantitative estimate of drug-likeness (QED) is 0.549. The Labute approximate surface area is 170 Å². The molecule has 8 heteroatoms. The monoisotopic (exact) mass is 417 g/mol. The molecule has 2 aromatic carbocycles. The van der Waals surface area contributed by atoms with Gasteiger partial charge in [-0.25, -0.2) is 4.79 Å². The van der Waals surface area contributed by atoms with Gasteiger partial charge in [0.2, 0.25) is 0 Å². The van der Waals surface area contributed by atoms with Crippen LogP contribution in [0.1, 0.15) is 41.3 Å². The highest BCUT2D eigenvalue weighted by Crippen LogP contribution is 2.23. The van der Waals surface area contributed by atoms with Crippen LogP contribution < -0.4 is 9.50 Å². The SMILES string of the molecule is Cc1ccc(C)c(S(=O)(=O)Oc2ccc(C(=O)O[C@H](C)C(=O)NC3CC3)cc2)c1. The average molecular weight is 417 g/mol. The maximum Gasteiger partial charge on any atom is 0.339 e. The number of esters is 1. The van der Waals surface area contributed by atoms with Gasteiger partial charge in [-0.15, -0.1) is 0 Å². The molecule has 0 aromatic heterocycles. The Morgan fingerprint density at radius 2 is 1.72 bits per heavy atom. The maximum atomic E-state index is 12.5. The van der Waals surface area contributed by atoms with Gasteiger partial charge in [0.1, 0.15) is 10.6 Å². The van der Waals surface area contributed by atoms with Crippen molar-refractivity contribution >= 4 is 22.0 Å². The summed E-state index contributed by atoms with van der Waals surface area (Å²) in [6, 6.07) is 10.8. The highest BCUT2D eigenvalue weighted by Gasteiger charge is 2.27. The minimum absolute atomic E-state index is 0.0713. The van der Waals surface area contributed by atoms with E-state index < -0.39 is 22.2 Å². The van der Waals surface area contributed by atoms with Crippen LogP contribution in [0.4, 0.5) is 0 Å². The molecular formula is C21H23NO6S. The van der Waals surface area contributed by atoms with Crippen molar-refractivity contribution in [1.82, 2.24) is 5.32 Å². The van der Waals surface area contributed by atoms with E-state index in [1.165, 1.54) is 31.2 Å². The second-order valence-electron chi connectivity index (χ2n) is 7.16. The zero-order valence-corrected chi connectivity index (χ0v) is 17.3. The van der Waals surface area contributed by atoms with Crippen molar-refractivity contribution in [3.63, 3.8) is 0 Å². The number of carbonyl (C=O) groups excluding carboxylic acids is 2. The zero-order valence-electron chi connectivity index (χ0n) is 16.5. The number of aryl methyl sites for hydroxylation is 2. The number of ether oxygens (including phenoxy) is 1. The van der Waals surface area contributed by atoms with Gasteiger partial charge in [-0.1, -0.05) is 12.1 Å². The van der Waals surface area contributed by atoms with Crippen LogP contribution in [0.25, 0.3) is 0 Å². The number of hydrogen-bond donors (Lipinski definition) is 1. The third kappa shape index (κ3) is 5.35. The Kier molecular flexibility index (Phi) is 5.93. The summed E-state index contributed by atoms with van der Waals surface area (Å²) in [5.41, 5.74) is 1.57. The molecule has 0 aliphatic heterocycles. The van der Waals surface area contributed by atoms with E-state index in [0.29, 0.717) is 5.56 Å². The van der Waals surface area contributed by atoms with Crippen molar-refractivity contribution in [2.75, 3.05) is 0 Å². The van der Waals surface area contributed by atoms with Crippen molar-refractivity contribution in [2.45, 2.75) is 50.7 Å². The molecule has 7 nitrogen and oxygen atoms in total. The Morgan fingerprint density at radius 1 is 1.07 bits per heavy atom. The van der Waals surface area contributed by atoms with Crippen LogP contribution in [-0.4, -0.2) is 32.4 Å². The Hall–Kier alpha value is -2.87.